The Morgan fingerprint density at radius 1 is 1.29 bits per heavy atom. The van der Waals surface area contributed by atoms with Gasteiger partial charge in [-0.3, -0.25) is 0 Å². The van der Waals surface area contributed by atoms with Crippen LogP contribution in [0.2, 0.25) is 0 Å². The Balaban J connectivity index is 1.56. The van der Waals surface area contributed by atoms with Crippen molar-refractivity contribution in [1.29, 1.82) is 0 Å². The molecule has 1 aliphatic heterocycles. The fraction of sp³-hybridized carbons (Fsp3) is 1.00. The average Bonchev–Trinajstić information content (AvgIpc) is 2.26. The molecule has 1 unspecified atom stereocenters. The third kappa shape index (κ3) is 3.94. The molecular formula is C14H28N2O. The van der Waals surface area contributed by atoms with Crippen LogP contribution in [-0.4, -0.2) is 50.3 Å². The smallest absolute Gasteiger partial charge is 0.0697 e. The number of rotatable bonds is 6. The molecule has 1 aliphatic carbocycles. The summed E-state index contributed by atoms with van der Waals surface area (Å²) in [6.07, 6.45) is 9.01. The number of ether oxygens (including phenoxy) is 1. The van der Waals surface area contributed by atoms with Crippen LogP contribution in [0.15, 0.2) is 0 Å². The largest absolute Gasteiger partial charge is 0.375 e. The van der Waals surface area contributed by atoms with E-state index in [1.165, 1.54) is 58.0 Å². The SMILES string of the molecule is CN(C)CCCCNC1CCOC2(CCC2)C1. The zero-order valence-electron chi connectivity index (χ0n) is 11.5. The maximum Gasteiger partial charge on any atom is 0.0697 e. The van der Waals surface area contributed by atoms with Crippen molar-refractivity contribution in [3.63, 3.8) is 0 Å². The number of nitrogens with zero attached hydrogens (tertiary/aromatic N) is 1. The number of hydrogen-bond acceptors (Lipinski definition) is 3. The molecule has 17 heavy (non-hydrogen) atoms. The molecular weight excluding hydrogens is 212 g/mol. The third-order valence-electron chi connectivity index (χ3n) is 4.22. The fourth-order valence-electron chi connectivity index (χ4n) is 2.98. The first-order valence-corrected chi connectivity index (χ1v) is 7.22. The zero-order valence-corrected chi connectivity index (χ0v) is 11.5. The highest BCUT2D eigenvalue weighted by Crippen LogP contribution is 2.42. The lowest BCUT2D eigenvalue weighted by Gasteiger charge is -2.47. The molecule has 0 aromatic carbocycles. The first kappa shape index (κ1) is 13.3. The molecule has 1 spiro atoms. The Hall–Kier alpha value is -0.120. The number of hydrogen-bond donors (Lipinski definition) is 1. The zero-order chi connectivity index (χ0) is 12.1. The topological polar surface area (TPSA) is 24.5 Å². The molecule has 100 valence electrons. The summed E-state index contributed by atoms with van der Waals surface area (Å²) in [5, 5.41) is 3.72. The minimum absolute atomic E-state index is 0.291. The molecule has 0 radical (unpaired) electrons. The lowest BCUT2D eigenvalue weighted by Crippen LogP contribution is -2.51. The summed E-state index contributed by atoms with van der Waals surface area (Å²) in [5.41, 5.74) is 0.291. The highest BCUT2D eigenvalue weighted by Gasteiger charge is 2.42. The van der Waals surface area contributed by atoms with Crippen molar-refractivity contribution in [2.75, 3.05) is 33.8 Å². The minimum atomic E-state index is 0.291. The Morgan fingerprint density at radius 2 is 2.12 bits per heavy atom. The highest BCUT2D eigenvalue weighted by atomic mass is 16.5. The van der Waals surface area contributed by atoms with Gasteiger partial charge in [0.05, 0.1) is 5.60 Å². The monoisotopic (exact) mass is 240 g/mol. The first-order chi connectivity index (χ1) is 8.20. The van der Waals surface area contributed by atoms with Crippen LogP contribution in [-0.2, 0) is 4.74 Å². The lowest BCUT2D eigenvalue weighted by molar-refractivity contribution is -0.135. The molecule has 2 aliphatic rings. The van der Waals surface area contributed by atoms with Gasteiger partial charge in [0.1, 0.15) is 0 Å². The average molecular weight is 240 g/mol. The Morgan fingerprint density at radius 3 is 2.76 bits per heavy atom. The van der Waals surface area contributed by atoms with Crippen LogP contribution in [0, 0.1) is 0 Å². The lowest BCUT2D eigenvalue weighted by atomic mass is 9.74. The minimum Gasteiger partial charge on any atom is -0.375 e. The van der Waals surface area contributed by atoms with Crippen molar-refractivity contribution in [3.05, 3.63) is 0 Å². The fourth-order valence-corrected chi connectivity index (χ4v) is 2.98. The van der Waals surface area contributed by atoms with Crippen molar-refractivity contribution in [3.8, 4) is 0 Å². The van der Waals surface area contributed by atoms with E-state index in [1.807, 2.05) is 0 Å². The Bertz CT molecular complexity index is 226. The van der Waals surface area contributed by atoms with Gasteiger partial charge in [-0.25, -0.2) is 0 Å². The second kappa shape index (κ2) is 6.17. The van der Waals surface area contributed by atoms with E-state index in [1.54, 1.807) is 0 Å². The predicted octanol–water partition coefficient (Wildman–Crippen LogP) is 2.02. The highest BCUT2D eigenvalue weighted by molar-refractivity contribution is 4.95. The second-order valence-electron chi connectivity index (χ2n) is 6.04. The Kier molecular flexibility index (Phi) is 4.83. The molecule has 3 nitrogen and oxygen atoms in total. The Labute approximate surface area is 106 Å². The van der Waals surface area contributed by atoms with Crippen LogP contribution in [0.25, 0.3) is 0 Å². The van der Waals surface area contributed by atoms with Gasteiger partial charge in [-0.15, -0.1) is 0 Å². The number of nitrogens with one attached hydrogen (secondary N) is 1. The van der Waals surface area contributed by atoms with E-state index < -0.39 is 0 Å². The van der Waals surface area contributed by atoms with Crippen LogP contribution >= 0.6 is 0 Å². The van der Waals surface area contributed by atoms with E-state index in [0.717, 1.165) is 6.61 Å². The summed E-state index contributed by atoms with van der Waals surface area (Å²) in [7, 11) is 4.29. The van der Waals surface area contributed by atoms with Crippen molar-refractivity contribution in [2.45, 2.75) is 56.6 Å². The van der Waals surface area contributed by atoms with E-state index in [0.29, 0.717) is 11.6 Å². The summed E-state index contributed by atoms with van der Waals surface area (Å²) in [6.45, 7) is 3.35. The maximum atomic E-state index is 5.94. The van der Waals surface area contributed by atoms with E-state index in [4.69, 9.17) is 4.74 Å². The summed E-state index contributed by atoms with van der Waals surface area (Å²) in [5.74, 6) is 0. The molecule has 0 amide bonds. The molecule has 1 saturated heterocycles. The van der Waals surface area contributed by atoms with Crippen LogP contribution in [0.1, 0.15) is 44.9 Å². The van der Waals surface area contributed by atoms with Gasteiger partial charge < -0.3 is 15.0 Å². The third-order valence-corrected chi connectivity index (χ3v) is 4.22. The van der Waals surface area contributed by atoms with Crippen LogP contribution < -0.4 is 5.32 Å². The van der Waals surface area contributed by atoms with E-state index >= 15 is 0 Å². The van der Waals surface area contributed by atoms with Crippen molar-refractivity contribution >= 4 is 0 Å². The molecule has 1 atom stereocenters. The van der Waals surface area contributed by atoms with Crippen LogP contribution in [0.4, 0.5) is 0 Å². The maximum absolute atomic E-state index is 5.94. The molecule has 1 saturated carbocycles. The van der Waals surface area contributed by atoms with E-state index in [2.05, 4.69) is 24.3 Å². The molecule has 0 bridgehead atoms. The molecule has 0 aromatic rings. The van der Waals surface area contributed by atoms with Gasteiger partial charge in [-0.05, 0) is 72.1 Å². The molecule has 3 heteroatoms. The summed E-state index contributed by atoms with van der Waals surface area (Å²) < 4.78 is 5.94. The number of unbranched alkanes of at least 4 members (excludes halogenated alkanes) is 1. The van der Waals surface area contributed by atoms with Crippen molar-refractivity contribution < 1.29 is 4.74 Å². The van der Waals surface area contributed by atoms with Gasteiger partial charge in [0.15, 0.2) is 0 Å². The van der Waals surface area contributed by atoms with Gasteiger partial charge in [0, 0.05) is 12.6 Å². The second-order valence-corrected chi connectivity index (χ2v) is 6.04. The summed E-state index contributed by atoms with van der Waals surface area (Å²) in [4.78, 5) is 2.26. The van der Waals surface area contributed by atoms with E-state index in [9.17, 15) is 0 Å². The first-order valence-electron chi connectivity index (χ1n) is 7.22. The molecule has 1 N–H and O–H groups in total. The van der Waals surface area contributed by atoms with Gasteiger partial charge in [-0.2, -0.15) is 0 Å². The molecule has 1 heterocycles. The van der Waals surface area contributed by atoms with Crippen molar-refractivity contribution in [2.24, 2.45) is 0 Å². The molecule has 2 fully saturated rings. The predicted molar refractivity (Wildman–Crippen MR) is 71.3 cm³/mol. The van der Waals surface area contributed by atoms with Gasteiger partial charge in [0.2, 0.25) is 0 Å². The standard InChI is InChI=1S/C14H28N2O/c1-16(2)10-4-3-9-15-13-6-11-17-14(12-13)7-5-8-14/h13,15H,3-12H2,1-2H3. The quantitative estimate of drug-likeness (QED) is 0.719. The molecule has 0 aromatic heterocycles. The summed E-state index contributed by atoms with van der Waals surface area (Å²) >= 11 is 0. The van der Waals surface area contributed by atoms with Crippen molar-refractivity contribution in [1.82, 2.24) is 10.2 Å². The normalized spacial score (nSPS) is 27.4. The summed E-state index contributed by atoms with van der Waals surface area (Å²) in [6, 6.07) is 0.711. The van der Waals surface area contributed by atoms with Crippen LogP contribution in [0.5, 0.6) is 0 Å². The van der Waals surface area contributed by atoms with E-state index in [-0.39, 0.29) is 0 Å². The molecule has 2 rings (SSSR count). The van der Waals surface area contributed by atoms with Gasteiger partial charge >= 0.3 is 0 Å². The van der Waals surface area contributed by atoms with Gasteiger partial charge in [-0.1, -0.05) is 0 Å². The van der Waals surface area contributed by atoms with Crippen LogP contribution in [0.3, 0.4) is 0 Å². The van der Waals surface area contributed by atoms with Gasteiger partial charge in [0.25, 0.3) is 0 Å².